The lowest BCUT2D eigenvalue weighted by molar-refractivity contribution is 0.0954. The first-order valence-electron chi connectivity index (χ1n) is 11.1. The van der Waals surface area contributed by atoms with Gasteiger partial charge in [-0.1, -0.05) is 19.1 Å². The molecule has 0 aliphatic rings. The van der Waals surface area contributed by atoms with Crippen molar-refractivity contribution in [1.29, 1.82) is 0 Å². The molecule has 0 aliphatic heterocycles. The van der Waals surface area contributed by atoms with E-state index < -0.39 is 5.82 Å². The summed E-state index contributed by atoms with van der Waals surface area (Å²) in [6.45, 7) is 4.11. The predicted molar refractivity (Wildman–Crippen MR) is 131 cm³/mol. The number of rotatable bonds is 7. The highest BCUT2D eigenvalue weighted by molar-refractivity contribution is 6.13. The molecule has 34 heavy (non-hydrogen) atoms. The number of pyridine rings is 3. The van der Waals surface area contributed by atoms with Gasteiger partial charge in [0, 0.05) is 52.9 Å². The maximum atomic E-state index is 15.1. The van der Waals surface area contributed by atoms with Crippen molar-refractivity contribution >= 4 is 27.8 Å². The van der Waals surface area contributed by atoms with E-state index >= 15 is 4.39 Å². The molecule has 0 spiro atoms. The van der Waals surface area contributed by atoms with Gasteiger partial charge >= 0.3 is 0 Å². The van der Waals surface area contributed by atoms with Crippen molar-refractivity contribution in [2.24, 2.45) is 0 Å². The van der Waals surface area contributed by atoms with Crippen molar-refractivity contribution in [1.82, 2.24) is 30.6 Å². The van der Waals surface area contributed by atoms with E-state index in [0.29, 0.717) is 40.8 Å². The van der Waals surface area contributed by atoms with Crippen LogP contribution in [0.15, 0.2) is 67.3 Å². The maximum absolute atomic E-state index is 15.1. The van der Waals surface area contributed by atoms with Crippen molar-refractivity contribution in [2.75, 3.05) is 19.6 Å². The van der Waals surface area contributed by atoms with E-state index in [9.17, 15) is 4.79 Å². The zero-order chi connectivity index (χ0) is 23.5. The molecule has 0 saturated carbocycles. The standard InChI is InChI=1S/C26H23FN6O/c1-2-28-10-11-30-26(34)17-7-5-16(6-8-17)23-20(27)14-32-25-24(23)19-12-21(31-15-22(19)33-25)18-4-3-9-29-13-18/h3-9,12-15,28H,2,10-11H2,1H3,(H,30,34)(H,32,33). The Morgan fingerprint density at radius 3 is 2.65 bits per heavy atom. The number of hydrogen-bond donors (Lipinski definition) is 3. The molecule has 1 aromatic carbocycles. The van der Waals surface area contributed by atoms with Gasteiger partial charge in [-0.25, -0.2) is 9.37 Å². The molecule has 0 fully saturated rings. The number of nitrogens with one attached hydrogen (secondary N) is 3. The number of nitrogens with zero attached hydrogens (tertiary/aromatic N) is 3. The second kappa shape index (κ2) is 9.36. The van der Waals surface area contributed by atoms with E-state index in [4.69, 9.17) is 0 Å². The Kier molecular flexibility index (Phi) is 5.97. The van der Waals surface area contributed by atoms with Crippen LogP contribution < -0.4 is 10.6 Å². The minimum atomic E-state index is -0.434. The van der Waals surface area contributed by atoms with Crippen LogP contribution in [-0.4, -0.2) is 45.5 Å². The normalized spacial score (nSPS) is 11.2. The van der Waals surface area contributed by atoms with E-state index in [2.05, 4.69) is 30.6 Å². The highest BCUT2D eigenvalue weighted by atomic mass is 19.1. The molecule has 5 aromatic rings. The number of aromatic amines is 1. The van der Waals surface area contributed by atoms with Gasteiger partial charge < -0.3 is 15.6 Å². The van der Waals surface area contributed by atoms with Gasteiger partial charge in [-0.2, -0.15) is 0 Å². The number of hydrogen-bond acceptors (Lipinski definition) is 5. The van der Waals surface area contributed by atoms with Gasteiger partial charge in [-0.3, -0.25) is 14.8 Å². The van der Waals surface area contributed by atoms with Crippen LogP contribution in [0, 0.1) is 5.82 Å². The monoisotopic (exact) mass is 454 g/mol. The first-order chi connectivity index (χ1) is 16.7. The van der Waals surface area contributed by atoms with Crippen molar-refractivity contribution in [3.05, 3.63) is 78.6 Å². The van der Waals surface area contributed by atoms with Crippen LogP contribution in [0.2, 0.25) is 0 Å². The molecule has 170 valence electrons. The molecule has 0 aliphatic carbocycles. The fourth-order valence-electron chi connectivity index (χ4n) is 4.02. The number of carbonyl (C=O) groups is 1. The Morgan fingerprint density at radius 2 is 1.88 bits per heavy atom. The molecule has 8 heteroatoms. The van der Waals surface area contributed by atoms with Crippen LogP contribution in [-0.2, 0) is 0 Å². The number of fused-ring (bicyclic) bond motifs is 3. The molecule has 0 unspecified atom stereocenters. The average Bonchev–Trinajstić information content (AvgIpc) is 3.25. The minimum Gasteiger partial charge on any atom is -0.351 e. The summed E-state index contributed by atoms with van der Waals surface area (Å²) in [6, 6.07) is 12.6. The predicted octanol–water partition coefficient (Wildman–Crippen LogP) is 4.32. The summed E-state index contributed by atoms with van der Waals surface area (Å²) in [4.78, 5) is 28.6. The van der Waals surface area contributed by atoms with Crippen molar-refractivity contribution < 1.29 is 9.18 Å². The number of carbonyl (C=O) groups excluding carboxylic acids is 1. The molecule has 0 saturated heterocycles. The fourth-order valence-corrected chi connectivity index (χ4v) is 4.02. The van der Waals surface area contributed by atoms with Gasteiger partial charge in [0.2, 0.25) is 0 Å². The summed E-state index contributed by atoms with van der Waals surface area (Å²) in [5, 5.41) is 7.52. The van der Waals surface area contributed by atoms with Gasteiger partial charge in [0.25, 0.3) is 5.91 Å². The molecular weight excluding hydrogens is 431 g/mol. The highest BCUT2D eigenvalue weighted by Gasteiger charge is 2.18. The van der Waals surface area contributed by atoms with E-state index in [1.165, 1.54) is 6.20 Å². The molecule has 1 amide bonds. The van der Waals surface area contributed by atoms with E-state index in [1.807, 2.05) is 25.1 Å². The van der Waals surface area contributed by atoms with Gasteiger partial charge in [0.1, 0.15) is 11.5 Å². The first kappa shape index (κ1) is 21.7. The molecule has 5 rings (SSSR count). The largest absolute Gasteiger partial charge is 0.351 e. The number of aromatic nitrogens is 4. The Morgan fingerprint density at radius 1 is 1.03 bits per heavy atom. The number of likely N-dealkylation sites (N-methyl/N-ethyl adjacent to an activating group) is 1. The van der Waals surface area contributed by atoms with Crippen LogP contribution >= 0.6 is 0 Å². The summed E-state index contributed by atoms with van der Waals surface area (Å²) in [6.07, 6.45) is 6.38. The SMILES string of the molecule is CCNCCNC(=O)c1ccc(-c2c(F)cnc3[nH]c4cnc(-c5cccnc5)cc4c23)cc1. The van der Waals surface area contributed by atoms with Crippen molar-refractivity contribution in [3.8, 4) is 22.4 Å². The first-order valence-corrected chi connectivity index (χ1v) is 11.1. The van der Waals surface area contributed by atoms with Gasteiger partial charge in [-0.15, -0.1) is 0 Å². The quantitative estimate of drug-likeness (QED) is 0.318. The summed E-state index contributed by atoms with van der Waals surface area (Å²) >= 11 is 0. The van der Waals surface area contributed by atoms with E-state index in [-0.39, 0.29) is 5.91 Å². The summed E-state index contributed by atoms with van der Waals surface area (Å²) < 4.78 is 15.1. The van der Waals surface area contributed by atoms with Crippen LogP contribution in [0.4, 0.5) is 4.39 Å². The Labute approximate surface area is 195 Å². The summed E-state index contributed by atoms with van der Waals surface area (Å²) in [5.41, 5.74) is 4.55. The zero-order valence-electron chi connectivity index (χ0n) is 18.6. The van der Waals surface area contributed by atoms with Crippen LogP contribution in [0.5, 0.6) is 0 Å². The van der Waals surface area contributed by atoms with Crippen molar-refractivity contribution in [2.45, 2.75) is 6.92 Å². The highest BCUT2D eigenvalue weighted by Crippen LogP contribution is 2.36. The molecular formula is C26H23FN6O. The zero-order valence-corrected chi connectivity index (χ0v) is 18.6. The lowest BCUT2D eigenvalue weighted by Crippen LogP contribution is -2.31. The van der Waals surface area contributed by atoms with E-state index in [0.717, 1.165) is 28.7 Å². The Hall–Kier alpha value is -4.17. The molecule has 0 bridgehead atoms. The molecule has 0 radical (unpaired) electrons. The van der Waals surface area contributed by atoms with Crippen LogP contribution in [0.25, 0.3) is 44.3 Å². The second-order valence-corrected chi connectivity index (χ2v) is 7.87. The summed E-state index contributed by atoms with van der Waals surface area (Å²) in [7, 11) is 0. The molecule has 4 heterocycles. The van der Waals surface area contributed by atoms with E-state index in [1.54, 1.807) is 42.9 Å². The molecule has 3 N–H and O–H groups in total. The van der Waals surface area contributed by atoms with Gasteiger partial charge in [0.15, 0.2) is 0 Å². The second-order valence-electron chi connectivity index (χ2n) is 7.87. The lowest BCUT2D eigenvalue weighted by atomic mass is 9.99. The average molecular weight is 455 g/mol. The molecule has 0 atom stereocenters. The lowest BCUT2D eigenvalue weighted by Gasteiger charge is -2.09. The molecule has 4 aromatic heterocycles. The number of amides is 1. The molecule has 7 nitrogen and oxygen atoms in total. The third-order valence-electron chi connectivity index (χ3n) is 5.69. The third-order valence-corrected chi connectivity index (χ3v) is 5.69. The number of halogens is 1. The number of H-pyrrole nitrogens is 1. The van der Waals surface area contributed by atoms with Crippen molar-refractivity contribution in [3.63, 3.8) is 0 Å². The Bertz CT molecular complexity index is 1460. The smallest absolute Gasteiger partial charge is 0.251 e. The Balaban J connectivity index is 1.55. The fraction of sp³-hybridized carbons (Fsp3) is 0.154. The van der Waals surface area contributed by atoms with Gasteiger partial charge in [-0.05, 0) is 42.4 Å². The maximum Gasteiger partial charge on any atom is 0.251 e. The minimum absolute atomic E-state index is 0.163. The van der Waals surface area contributed by atoms with Crippen LogP contribution in [0.1, 0.15) is 17.3 Å². The third kappa shape index (κ3) is 4.11. The number of benzene rings is 1. The van der Waals surface area contributed by atoms with Crippen LogP contribution in [0.3, 0.4) is 0 Å². The summed E-state index contributed by atoms with van der Waals surface area (Å²) in [5.74, 6) is -0.597. The van der Waals surface area contributed by atoms with Gasteiger partial charge in [0.05, 0.1) is 23.6 Å². The topological polar surface area (TPSA) is 95.6 Å².